The summed E-state index contributed by atoms with van der Waals surface area (Å²) in [6.45, 7) is 4.18. The number of hydrogen-bond acceptors (Lipinski definition) is 7. The molecule has 0 unspecified atom stereocenters. The zero-order valence-electron chi connectivity index (χ0n) is 19.2. The largest absolute Gasteiger partial charge is 0.357 e. The van der Waals surface area contributed by atoms with Crippen molar-refractivity contribution in [2.24, 2.45) is 0 Å². The Balaban J connectivity index is 0.000000273. The molecule has 0 saturated heterocycles. The highest BCUT2D eigenvalue weighted by atomic mass is 19.1. The Hall–Kier alpha value is -3.62. The van der Waals surface area contributed by atoms with E-state index in [1.165, 1.54) is 0 Å². The molecule has 1 heterocycles. The fourth-order valence-electron chi connectivity index (χ4n) is 2.98. The zero-order valence-corrected chi connectivity index (χ0v) is 19.2. The first-order chi connectivity index (χ1) is 15.7. The molecule has 174 valence electrons. The van der Waals surface area contributed by atoms with Crippen molar-refractivity contribution < 1.29 is 19.4 Å². The maximum Gasteiger partial charge on any atom is 0.248 e. The molecule has 0 bridgehead atoms. The van der Waals surface area contributed by atoms with Crippen molar-refractivity contribution in [2.45, 2.75) is 26.1 Å². The molecule has 0 radical (unpaired) electrons. The lowest BCUT2D eigenvalue weighted by Gasteiger charge is -2.19. The second-order valence-corrected chi connectivity index (χ2v) is 7.15. The molecule has 0 amide bonds. The van der Waals surface area contributed by atoms with Crippen molar-refractivity contribution in [1.29, 1.82) is 0 Å². The van der Waals surface area contributed by atoms with Gasteiger partial charge in [0.25, 0.3) is 0 Å². The normalized spacial score (nSPS) is 11.8. The van der Waals surface area contributed by atoms with Crippen LogP contribution in [0.1, 0.15) is 31.4 Å². The number of anilines is 1. The fraction of sp³-hybridized carbons (Fsp3) is 0.240. The number of rotatable bonds is 7. The van der Waals surface area contributed by atoms with Gasteiger partial charge in [0.2, 0.25) is 11.7 Å². The molecule has 2 aromatic carbocycles. The summed E-state index contributed by atoms with van der Waals surface area (Å²) in [4.78, 5) is 21.0. The number of fused-ring (bicyclic) bond motifs is 1. The Morgan fingerprint density at radius 2 is 1.91 bits per heavy atom. The SMILES string of the molecule is C/C=C(/c1ccc2cnc(NC)nc2c1)N(C)/C=C/CC.O=CC(O)(O)c1ccc(F)cc1. The first kappa shape index (κ1) is 25.6. The first-order valence-corrected chi connectivity index (χ1v) is 10.4. The van der Waals surface area contributed by atoms with Crippen molar-refractivity contribution in [2.75, 3.05) is 19.4 Å². The van der Waals surface area contributed by atoms with Crippen LogP contribution in [0.3, 0.4) is 0 Å². The van der Waals surface area contributed by atoms with Crippen molar-refractivity contribution >= 4 is 28.8 Å². The van der Waals surface area contributed by atoms with E-state index in [0.717, 1.165) is 52.8 Å². The number of hydrogen-bond donors (Lipinski definition) is 3. The summed E-state index contributed by atoms with van der Waals surface area (Å²) in [5.74, 6) is -2.38. The second kappa shape index (κ2) is 11.8. The molecule has 0 aliphatic carbocycles. The number of aliphatic hydroxyl groups is 2. The van der Waals surface area contributed by atoms with Crippen LogP contribution in [0.25, 0.3) is 16.6 Å². The van der Waals surface area contributed by atoms with E-state index < -0.39 is 11.6 Å². The number of nitrogens with one attached hydrogen (secondary N) is 1. The number of aldehydes is 1. The van der Waals surface area contributed by atoms with Gasteiger partial charge in [-0.3, -0.25) is 4.79 Å². The summed E-state index contributed by atoms with van der Waals surface area (Å²) < 4.78 is 12.3. The van der Waals surface area contributed by atoms with Gasteiger partial charge in [0.15, 0.2) is 6.29 Å². The zero-order chi connectivity index (χ0) is 24.4. The number of nitrogens with zero attached hydrogens (tertiary/aromatic N) is 3. The van der Waals surface area contributed by atoms with Gasteiger partial charge >= 0.3 is 0 Å². The quantitative estimate of drug-likeness (QED) is 0.367. The lowest BCUT2D eigenvalue weighted by molar-refractivity contribution is -0.173. The van der Waals surface area contributed by atoms with Gasteiger partial charge in [-0.2, -0.15) is 0 Å². The van der Waals surface area contributed by atoms with E-state index in [1.807, 2.05) is 13.2 Å². The summed E-state index contributed by atoms with van der Waals surface area (Å²) in [5.41, 5.74) is 3.19. The first-order valence-electron chi connectivity index (χ1n) is 10.4. The topological polar surface area (TPSA) is 98.6 Å². The van der Waals surface area contributed by atoms with Gasteiger partial charge in [-0.15, -0.1) is 0 Å². The molecule has 8 heteroatoms. The van der Waals surface area contributed by atoms with Gasteiger partial charge in [-0.05, 0) is 43.3 Å². The minimum atomic E-state index is -2.52. The molecule has 7 nitrogen and oxygen atoms in total. The van der Waals surface area contributed by atoms with Crippen LogP contribution >= 0.6 is 0 Å². The number of aromatic nitrogens is 2. The number of halogens is 1. The Morgan fingerprint density at radius 3 is 2.48 bits per heavy atom. The summed E-state index contributed by atoms with van der Waals surface area (Å²) in [7, 11) is 3.89. The molecule has 3 rings (SSSR count). The smallest absolute Gasteiger partial charge is 0.248 e. The molecule has 0 aliphatic heterocycles. The lowest BCUT2D eigenvalue weighted by atomic mass is 10.1. The maximum atomic E-state index is 12.3. The summed E-state index contributed by atoms with van der Waals surface area (Å²) in [6.07, 6.45) is 9.19. The second-order valence-electron chi connectivity index (χ2n) is 7.15. The van der Waals surface area contributed by atoms with Crippen LogP contribution in [0.5, 0.6) is 0 Å². The average molecular weight is 453 g/mol. The molecule has 3 N–H and O–H groups in total. The summed E-state index contributed by atoms with van der Waals surface area (Å²) in [5, 5.41) is 21.9. The van der Waals surface area contributed by atoms with Gasteiger partial charge in [-0.1, -0.05) is 43.3 Å². The van der Waals surface area contributed by atoms with Crippen LogP contribution in [0.4, 0.5) is 10.3 Å². The van der Waals surface area contributed by atoms with E-state index >= 15 is 0 Å². The molecule has 0 aliphatic rings. The monoisotopic (exact) mass is 452 g/mol. The number of carbonyl (C=O) groups is 1. The molecular weight excluding hydrogens is 423 g/mol. The van der Waals surface area contributed by atoms with Gasteiger partial charge in [0, 0.05) is 36.9 Å². The lowest BCUT2D eigenvalue weighted by Crippen LogP contribution is -2.26. The van der Waals surface area contributed by atoms with Gasteiger partial charge in [-0.25, -0.2) is 14.4 Å². The predicted molar refractivity (Wildman–Crippen MR) is 129 cm³/mol. The van der Waals surface area contributed by atoms with Gasteiger partial charge < -0.3 is 20.4 Å². The predicted octanol–water partition coefficient (Wildman–Crippen LogP) is 4.05. The fourth-order valence-corrected chi connectivity index (χ4v) is 2.98. The minimum absolute atomic E-state index is 0.0275. The van der Waals surface area contributed by atoms with E-state index in [0.29, 0.717) is 5.95 Å². The van der Waals surface area contributed by atoms with Crippen LogP contribution < -0.4 is 5.32 Å². The van der Waals surface area contributed by atoms with E-state index in [4.69, 9.17) is 10.2 Å². The molecule has 0 spiro atoms. The molecule has 0 fully saturated rings. The van der Waals surface area contributed by atoms with E-state index in [-0.39, 0.29) is 11.8 Å². The number of carbonyl (C=O) groups excluding carboxylic acids is 1. The third-order valence-corrected chi connectivity index (χ3v) is 4.75. The van der Waals surface area contributed by atoms with Crippen molar-refractivity contribution in [3.05, 3.63) is 84.0 Å². The van der Waals surface area contributed by atoms with Crippen LogP contribution in [0.15, 0.2) is 67.0 Å². The molecule has 1 aromatic heterocycles. The van der Waals surface area contributed by atoms with E-state index in [9.17, 15) is 9.18 Å². The summed E-state index contributed by atoms with van der Waals surface area (Å²) in [6, 6.07) is 10.6. The number of allylic oxidation sites excluding steroid dienone is 2. The Kier molecular flexibility index (Phi) is 9.20. The average Bonchev–Trinajstić information content (AvgIpc) is 2.83. The Labute approximate surface area is 192 Å². The van der Waals surface area contributed by atoms with Crippen molar-refractivity contribution in [3.8, 4) is 0 Å². The van der Waals surface area contributed by atoms with Crippen LogP contribution in [-0.2, 0) is 10.6 Å². The highest BCUT2D eigenvalue weighted by Crippen LogP contribution is 2.23. The molecular formula is C25H29FN4O3. The number of benzene rings is 2. The highest BCUT2D eigenvalue weighted by molar-refractivity contribution is 5.83. The summed E-state index contributed by atoms with van der Waals surface area (Å²) >= 11 is 0. The highest BCUT2D eigenvalue weighted by Gasteiger charge is 2.24. The van der Waals surface area contributed by atoms with Crippen molar-refractivity contribution in [1.82, 2.24) is 14.9 Å². The molecule has 3 aromatic rings. The third-order valence-electron chi connectivity index (χ3n) is 4.75. The van der Waals surface area contributed by atoms with Gasteiger partial charge in [0.05, 0.1) is 5.52 Å². The molecule has 0 atom stereocenters. The standard InChI is InChI=1S/C17H22N4.C8H7FO3/c1-5-7-10-21(4)16(6-2)13-8-9-14-12-19-17(18-3)20-15(14)11-13;9-7-3-1-6(2-4-7)8(11,12)5-10/h6-12H,5H2,1-4H3,(H,18,19,20);1-5,11-12H/b10-7+,16-6-;. The van der Waals surface area contributed by atoms with Crippen LogP contribution in [0, 0.1) is 5.82 Å². The van der Waals surface area contributed by atoms with E-state index in [1.54, 1.807) is 0 Å². The van der Waals surface area contributed by atoms with Crippen molar-refractivity contribution in [3.63, 3.8) is 0 Å². The maximum absolute atomic E-state index is 12.3. The Bertz CT molecular complexity index is 1130. The molecule has 33 heavy (non-hydrogen) atoms. The third kappa shape index (κ3) is 6.93. The van der Waals surface area contributed by atoms with Gasteiger partial charge in [0.1, 0.15) is 5.82 Å². The van der Waals surface area contributed by atoms with Crippen LogP contribution in [-0.4, -0.2) is 45.5 Å². The van der Waals surface area contributed by atoms with E-state index in [2.05, 4.69) is 77.6 Å². The Morgan fingerprint density at radius 1 is 1.21 bits per heavy atom. The van der Waals surface area contributed by atoms with Crippen LogP contribution in [0.2, 0.25) is 0 Å². The minimum Gasteiger partial charge on any atom is -0.357 e. The molecule has 0 saturated carbocycles.